The standard InChI is InChI=1S/C11H15NO4S/c1-15-11-5-4-9(8-10(11)12(13)14)16-6-2-3-7-17/h4-5,8,17H,2-3,6-7H2,1H3. The molecule has 1 aromatic carbocycles. The quantitative estimate of drug-likeness (QED) is 0.353. The van der Waals surface area contributed by atoms with Crippen molar-refractivity contribution in [1.82, 2.24) is 0 Å². The first kappa shape index (κ1) is 13.6. The molecule has 0 saturated carbocycles. The Labute approximate surface area is 105 Å². The lowest BCUT2D eigenvalue weighted by Crippen LogP contribution is -1.99. The first-order chi connectivity index (χ1) is 8.19. The summed E-state index contributed by atoms with van der Waals surface area (Å²) in [5.74, 6) is 1.53. The molecule has 0 radical (unpaired) electrons. The minimum Gasteiger partial charge on any atom is -0.493 e. The molecular weight excluding hydrogens is 242 g/mol. The van der Waals surface area contributed by atoms with Gasteiger partial charge in [0, 0.05) is 0 Å². The van der Waals surface area contributed by atoms with Crippen LogP contribution in [0.25, 0.3) is 0 Å². The maximum Gasteiger partial charge on any atom is 0.314 e. The molecule has 0 bridgehead atoms. The van der Waals surface area contributed by atoms with Gasteiger partial charge in [-0.1, -0.05) is 0 Å². The zero-order valence-electron chi connectivity index (χ0n) is 9.59. The van der Waals surface area contributed by atoms with Crippen molar-refractivity contribution in [3.8, 4) is 11.5 Å². The predicted octanol–water partition coefficient (Wildman–Crippen LogP) is 2.69. The third kappa shape index (κ3) is 4.14. The van der Waals surface area contributed by atoms with Gasteiger partial charge < -0.3 is 9.47 Å². The summed E-state index contributed by atoms with van der Waals surface area (Å²) in [6.07, 6.45) is 1.84. The van der Waals surface area contributed by atoms with Gasteiger partial charge in [0.05, 0.1) is 24.7 Å². The second kappa shape index (κ2) is 7.01. The highest BCUT2D eigenvalue weighted by molar-refractivity contribution is 7.80. The average molecular weight is 257 g/mol. The Bertz CT molecular complexity index is 384. The van der Waals surface area contributed by atoms with E-state index in [4.69, 9.17) is 9.47 Å². The van der Waals surface area contributed by atoms with Crippen LogP contribution in [0.15, 0.2) is 18.2 Å². The number of rotatable bonds is 7. The van der Waals surface area contributed by atoms with Crippen LogP contribution in [0.1, 0.15) is 12.8 Å². The largest absolute Gasteiger partial charge is 0.493 e. The van der Waals surface area contributed by atoms with E-state index in [1.165, 1.54) is 19.2 Å². The molecule has 17 heavy (non-hydrogen) atoms. The summed E-state index contributed by atoms with van der Waals surface area (Å²) in [6, 6.07) is 4.57. The fourth-order valence-corrected chi connectivity index (χ4v) is 1.53. The number of thiol groups is 1. The Hall–Kier alpha value is -1.43. The molecule has 0 saturated heterocycles. The Morgan fingerprint density at radius 1 is 1.41 bits per heavy atom. The summed E-state index contributed by atoms with van der Waals surface area (Å²) in [5, 5.41) is 10.8. The van der Waals surface area contributed by atoms with Crippen LogP contribution in [0.4, 0.5) is 5.69 Å². The number of hydrogen-bond acceptors (Lipinski definition) is 5. The second-order valence-electron chi connectivity index (χ2n) is 3.37. The van der Waals surface area contributed by atoms with Gasteiger partial charge in [-0.25, -0.2) is 0 Å². The molecular formula is C11H15NO4S. The molecule has 0 unspecified atom stereocenters. The van der Waals surface area contributed by atoms with Crippen LogP contribution in [-0.2, 0) is 0 Å². The fourth-order valence-electron chi connectivity index (χ4n) is 1.31. The normalized spacial score (nSPS) is 10.0. The number of unbranched alkanes of at least 4 members (excludes halogenated alkanes) is 1. The van der Waals surface area contributed by atoms with Gasteiger partial charge in [-0.15, -0.1) is 0 Å². The van der Waals surface area contributed by atoms with E-state index in [1.807, 2.05) is 0 Å². The zero-order valence-corrected chi connectivity index (χ0v) is 10.5. The summed E-state index contributed by atoms with van der Waals surface area (Å²) in [6.45, 7) is 0.532. The third-order valence-corrected chi connectivity index (χ3v) is 2.48. The Balaban J connectivity index is 2.68. The Kier molecular flexibility index (Phi) is 5.62. The van der Waals surface area contributed by atoms with Gasteiger partial charge in [0.15, 0.2) is 5.75 Å². The first-order valence-electron chi connectivity index (χ1n) is 5.25. The Morgan fingerprint density at radius 3 is 2.76 bits per heavy atom. The number of nitro groups is 1. The molecule has 1 aromatic rings. The minimum absolute atomic E-state index is 0.0841. The SMILES string of the molecule is COc1ccc(OCCCCS)cc1[N+](=O)[O-]. The minimum atomic E-state index is -0.487. The molecule has 0 aliphatic heterocycles. The number of nitro benzene ring substituents is 1. The van der Waals surface area contributed by atoms with Gasteiger partial charge in [0.2, 0.25) is 0 Å². The smallest absolute Gasteiger partial charge is 0.314 e. The highest BCUT2D eigenvalue weighted by atomic mass is 32.1. The van der Waals surface area contributed by atoms with E-state index in [0.29, 0.717) is 12.4 Å². The molecule has 0 aliphatic carbocycles. The van der Waals surface area contributed by atoms with Crippen molar-refractivity contribution in [3.63, 3.8) is 0 Å². The van der Waals surface area contributed by atoms with Crippen molar-refractivity contribution < 1.29 is 14.4 Å². The van der Waals surface area contributed by atoms with Crippen molar-refractivity contribution >= 4 is 18.3 Å². The van der Waals surface area contributed by atoms with E-state index >= 15 is 0 Å². The van der Waals surface area contributed by atoms with Crippen LogP contribution in [0.3, 0.4) is 0 Å². The third-order valence-electron chi connectivity index (χ3n) is 2.17. The molecule has 0 aliphatic rings. The van der Waals surface area contributed by atoms with E-state index in [0.717, 1.165) is 18.6 Å². The molecule has 1 rings (SSSR count). The van der Waals surface area contributed by atoms with Gasteiger partial charge in [0.25, 0.3) is 0 Å². The topological polar surface area (TPSA) is 61.6 Å². The lowest BCUT2D eigenvalue weighted by molar-refractivity contribution is -0.385. The number of hydrogen-bond donors (Lipinski definition) is 1. The van der Waals surface area contributed by atoms with Crippen molar-refractivity contribution in [1.29, 1.82) is 0 Å². The maximum absolute atomic E-state index is 10.8. The maximum atomic E-state index is 10.8. The zero-order chi connectivity index (χ0) is 12.7. The lowest BCUT2D eigenvalue weighted by atomic mass is 10.3. The number of nitrogens with zero attached hydrogens (tertiary/aromatic N) is 1. The summed E-state index contributed by atoms with van der Waals surface area (Å²) in [5.41, 5.74) is -0.0841. The Morgan fingerprint density at radius 2 is 2.18 bits per heavy atom. The van der Waals surface area contributed by atoms with Gasteiger partial charge in [0.1, 0.15) is 5.75 Å². The van der Waals surface area contributed by atoms with E-state index in [2.05, 4.69) is 12.6 Å². The predicted molar refractivity (Wildman–Crippen MR) is 68.2 cm³/mol. The molecule has 0 aromatic heterocycles. The van der Waals surface area contributed by atoms with Gasteiger partial charge in [-0.2, -0.15) is 12.6 Å². The summed E-state index contributed by atoms with van der Waals surface area (Å²) in [4.78, 5) is 10.3. The molecule has 6 heteroatoms. The molecule has 0 N–H and O–H groups in total. The van der Waals surface area contributed by atoms with Crippen LogP contribution >= 0.6 is 12.6 Å². The lowest BCUT2D eigenvalue weighted by Gasteiger charge is -2.07. The van der Waals surface area contributed by atoms with Crippen molar-refractivity contribution in [2.24, 2.45) is 0 Å². The molecule has 0 amide bonds. The van der Waals surface area contributed by atoms with Gasteiger partial charge in [-0.05, 0) is 30.7 Å². The summed E-state index contributed by atoms with van der Waals surface area (Å²) < 4.78 is 10.3. The van der Waals surface area contributed by atoms with Crippen LogP contribution in [0, 0.1) is 10.1 Å². The average Bonchev–Trinajstić information content (AvgIpc) is 2.34. The summed E-state index contributed by atoms with van der Waals surface area (Å²) in [7, 11) is 1.40. The van der Waals surface area contributed by atoms with Crippen molar-refractivity contribution in [3.05, 3.63) is 28.3 Å². The fraction of sp³-hybridized carbons (Fsp3) is 0.455. The van der Waals surface area contributed by atoms with E-state index in [9.17, 15) is 10.1 Å². The van der Waals surface area contributed by atoms with Crippen molar-refractivity contribution in [2.75, 3.05) is 19.5 Å². The van der Waals surface area contributed by atoms with Gasteiger partial charge >= 0.3 is 5.69 Å². The second-order valence-corrected chi connectivity index (χ2v) is 3.82. The highest BCUT2D eigenvalue weighted by Crippen LogP contribution is 2.30. The molecule has 0 fully saturated rings. The molecule has 94 valence electrons. The van der Waals surface area contributed by atoms with Crippen molar-refractivity contribution in [2.45, 2.75) is 12.8 Å². The van der Waals surface area contributed by atoms with Crippen LogP contribution in [0.2, 0.25) is 0 Å². The number of methoxy groups -OCH3 is 1. The molecule has 0 heterocycles. The summed E-state index contributed by atoms with van der Waals surface area (Å²) >= 11 is 4.09. The highest BCUT2D eigenvalue weighted by Gasteiger charge is 2.15. The van der Waals surface area contributed by atoms with E-state index in [-0.39, 0.29) is 11.4 Å². The van der Waals surface area contributed by atoms with Crippen LogP contribution in [-0.4, -0.2) is 24.4 Å². The van der Waals surface area contributed by atoms with E-state index < -0.39 is 4.92 Å². The first-order valence-corrected chi connectivity index (χ1v) is 5.88. The number of ether oxygens (including phenoxy) is 2. The molecule has 0 spiro atoms. The van der Waals surface area contributed by atoms with Crippen LogP contribution < -0.4 is 9.47 Å². The molecule has 5 nitrogen and oxygen atoms in total. The number of benzene rings is 1. The van der Waals surface area contributed by atoms with E-state index in [1.54, 1.807) is 6.07 Å². The van der Waals surface area contributed by atoms with Crippen LogP contribution in [0.5, 0.6) is 11.5 Å². The molecule has 0 atom stereocenters. The van der Waals surface area contributed by atoms with Gasteiger partial charge in [-0.3, -0.25) is 10.1 Å². The monoisotopic (exact) mass is 257 g/mol.